The van der Waals surface area contributed by atoms with Crippen LogP contribution in [0.4, 0.5) is 0 Å². The molecule has 2 atom stereocenters. The van der Waals surface area contributed by atoms with E-state index in [1.54, 1.807) is 0 Å². The van der Waals surface area contributed by atoms with Gasteiger partial charge in [0.1, 0.15) is 0 Å². The minimum absolute atomic E-state index is 0.541. The molecule has 3 nitrogen and oxygen atoms in total. The average molecular weight is 240 g/mol. The molecule has 0 bridgehead atoms. The number of hydrogen-bond acceptors (Lipinski definition) is 3. The van der Waals surface area contributed by atoms with Crippen molar-refractivity contribution < 1.29 is 4.74 Å². The van der Waals surface area contributed by atoms with E-state index in [4.69, 9.17) is 10.5 Å². The van der Waals surface area contributed by atoms with Gasteiger partial charge in [-0.2, -0.15) is 0 Å². The third-order valence-corrected chi connectivity index (χ3v) is 4.38. The second-order valence-electron chi connectivity index (χ2n) is 5.62. The topological polar surface area (TPSA) is 47.3 Å². The molecule has 2 fully saturated rings. The van der Waals surface area contributed by atoms with Gasteiger partial charge in [-0.1, -0.05) is 25.7 Å². The molecular formula is C14H28N2O. The lowest BCUT2D eigenvalue weighted by atomic mass is 9.98. The first-order valence-electron chi connectivity index (χ1n) is 7.45. The summed E-state index contributed by atoms with van der Waals surface area (Å²) in [6.07, 6.45) is 11.1. The van der Waals surface area contributed by atoms with Gasteiger partial charge in [-0.05, 0) is 38.1 Å². The van der Waals surface area contributed by atoms with Crippen molar-refractivity contribution in [3.63, 3.8) is 0 Å². The Labute approximate surface area is 105 Å². The Morgan fingerprint density at radius 1 is 1.00 bits per heavy atom. The molecule has 0 spiro atoms. The van der Waals surface area contributed by atoms with E-state index in [-0.39, 0.29) is 0 Å². The molecule has 100 valence electrons. The van der Waals surface area contributed by atoms with Crippen molar-refractivity contribution in [3.8, 4) is 0 Å². The molecule has 0 saturated heterocycles. The molecule has 0 aromatic carbocycles. The van der Waals surface area contributed by atoms with Crippen LogP contribution in [0.1, 0.15) is 51.4 Å². The SMILES string of the molecule is NCC1CCCC1NCCOC1CCCCC1. The number of nitrogens with two attached hydrogens (primary N) is 1. The molecule has 0 heterocycles. The summed E-state index contributed by atoms with van der Waals surface area (Å²) in [5, 5.41) is 3.62. The number of hydrogen-bond donors (Lipinski definition) is 2. The third kappa shape index (κ3) is 4.23. The first-order chi connectivity index (χ1) is 8.40. The van der Waals surface area contributed by atoms with Gasteiger partial charge in [0, 0.05) is 12.6 Å². The van der Waals surface area contributed by atoms with Crippen LogP contribution in [0, 0.1) is 5.92 Å². The third-order valence-electron chi connectivity index (χ3n) is 4.38. The van der Waals surface area contributed by atoms with E-state index in [2.05, 4.69) is 5.32 Å². The molecule has 2 aliphatic carbocycles. The fraction of sp³-hybridized carbons (Fsp3) is 1.00. The largest absolute Gasteiger partial charge is 0.377 e. The fourth-order valence-electron chi connectivity index (χ4n) is 3.29. The molecular weight excluding hydrogens is 212 g/mol. The van der Waals surface area contributed by atoms with Crippen molar-refractivity contribution in [2.75, 3.05) is 19.7 Å². The van der Waals surface area contributed by atoms with Crippen LogP contribution in [0.15, 0.2) is 0 Å². The van der Waals surface area contributed by atoms with Crippen LogP contribution < -0.4 is 11.1 Å². The van der Waals surface area contributed by atoms with Crippen molar-refractivity contribution in [1.82, 2.24) is 5.32 Å². The van der Waals surface area contributed by atoms with Crippen molar-refractivity contribution >= 4 is 0 Å². The van der Waals surface area contributed by atoms with Crippen LogP contribution in [0.2, 0.25) is 0 Å². The van der Waals surface area contributed by atoms with Crippen molar-refractivity contribution in [2.45, 2.75) is 63.5 Å². The van der Waals surface area contributed by atoms with E-state index in [0.29, 0.717) is 18.1 Å². The van der Waals surface area contributed by atoms with Gasteiger partial charge >= 0.3 is 0 Å². The van der Waals surface area contributed by atoms with E-state index in [1.807, 2.05) is 0 Å². The number of ether oxygens (including phenoxy) is 1. The van der Waals surface area contributed by atoms with E-state index in [1.165, 1.54) is 51.4 Å². The standard InChI is InChI=1S/C14H28N2O/c15-11-12-5-4-8-14(12)16-9-10-17-13-6-2-1-3-7-13/h12-14,16H,1-11,15H2. The van der Waals surface area contributed by atoms with Gasteiger partial charge in [0.05, 0.1) is 12.7 Å². The van der Waals surface area contributed by atoms with Crippen LogP contribution in [-0.4, -0.2) is 31.8 Å². The van der Waals surface area contributed by atoms with Gasteiger partial charge in [-0.25, -0.2) is 0 Å². The van der Waals surface area contributed by atoms with Crippen LogP contribution in [-0.2, 0) is 4.74 Å². The first kappa shape index (κ1) is 13.3. The number of rotatable bonds is 6. The summed E-state index contributed by atoms with van der Waals surface area (Å²) in [6, 6.07) is 0.648. The Balaban J connectivity index is 1.53. The van der Waals surface area contributed by atoms with Crippen molar-refractivity contribution in [3.05, 3.63) is 0 Å². The first-order valence-corrected chi connectivity index (χ1v) is 7.45. The highest BCUT2D eigenvalue weighted by molar-refractivity contribution is 4.83. The van der Waals surface area contributed by atoms with Gasteiger partial charge in [0.15, 0.2) is 0 Å². The summed E-state index contributed by atoms with van der Waals surface area (Å²) in [4.78, 5) is 0. The van der Waals surface area contributed by atoms with Gasteiger partial charge in [-0.15, -0.1) is 0 Å². The predicted octanol–water partition coefficient (Wildman–Crippen LogP) is 2.05. The zero-order valence-corrected chi connectivity index (χ0v) is 11.0. The minimum Gasteiger partial charge on any atom is -0.377 e. The lowest BCUT2D eigenvalue weighted by molar-refractivity contribution is 0.0290. The molecule has 0 aliphatic heterocycles. The van der Waals surface area contributed by atoms with Crippen LogP contribution >= 0.6 is 0 Å². The summed E-state index contributed by atoms with van der Waals surface area (Å²) in [5.41, 5.74) is 5.77. The summed E-state index contributed by atoms with van der Waals surface area (Å²) in [6.45, 7) is 2.71. The molecule has 0 aromatic rings. The van der Waals surface area contributed by atoms with E-state index in [0.717, 1.165) is 19.7 Å². The summed E-state index contributed by atoms with van der Waals surface area (Å²) >= 11 is 0. The molecule has 17 heavy (non-hydrogen) atoms. The molecule has 0 amide bonds. The van der Waals surface area contributed by atoms with Gasteiger partial charge in [0.2, 0.25) is 0 Å². The predicted molar refractivity (Wildman–Crippen MR) is 71.0 cm³/mol. The summed E-state index contributed by atoms with van der Waals surface area (Å²) in [5.74, 6) is 0.699. The van der Waals surface area contributed by atoms with E-state index in [9.17, 15) is 0 Å². The van der Waals surface area contributed by atoms with Gasteiger partial charge in [-0.3, -0.25) is 0 Å². The Kier molecular flexibility index (Phi) is 5.75. The van der Waals surface area contributed by atoms with E-state index < -0.39 is 0 Å². The highest BCUT2D eigenvalue weighted by atomic mass is 16.5. The second-order valence-corrected chi connectivity index (χ2v) is 5.62. The van der Waals surface area contributed by atoms with Crippen LogP contribution in [0.3, 0.4) is 0 Å². The average Bonchev–Trinajstić information content (AvgIpc) is 2.83. The molecule has 2 saturated carbocycles. The normalized spacial score (nSPS) is 30.9. The highest BCUT2D eigenvalue weighted by Crippen LogP contribution is 2.24. The zero-order valence-electron chi connectivity index (χ0n) is 11.0. The second kappa shape index (κ2) is 7.34. The Morgan fingerprint density at radius 2 is 1.82 bits per heavy atom. The lowest BCUT2D eigenvalue weighted by Gasteiger charge is -2.23. The maximum atomic E-state index is 5.92. The Morgan fingerprint density at radius 3 is 2.59 bits per heavy atom. The van der Waals surface area contributed by atoms with Gasteiger partial charge in [0.25, 0.3) is 0 Å². The maximum Gasteiger partial charge on any atom is 0.0594 e. The van der Waals surface area contributed by atoms with Crippen molar-refractivity contribution in [2.24, 2.45) is 11.7 Å². The highest BCUT2D eigenvalue weighted by Gasteiger charge is 2.25. The number of nitrogens with one attached hydrogen (secondary N) is 1. The molecule has 2 unspecified atom stereocenters. The Hall–Kier alpha value is -0.120. The Bertz CT molecular complexity index is 204. The van der Waals surface area contributed by atoms with Crippen molar-refractivity contribution in [1.29, 1.82) is 0 Å². The smallest absolute Gasteiger partial charge is 0.0594 e. The molecule has 3 N–H and O–H groups in total. The van der Waals surface area contributed by atoms with Crippen LogP contribution in [0.5, 0.6) is 0 Å². The molecule has 2 rings (SSSR count). The monoisotopic (exact) mass is 240 g/mol. The van der Waals surface area contributed by atoms with E-state index >= 15 is 0 Å². The lowest BCUT2D eigenvalue weighted by Crippen LogP contribution is -2.38. The quantitative estimate of drug-likeness (QED) is 0.699. The summed E-state index contributed by atoms with van der Waals surface area (Å²) in [7, 11) is 0. The molecule has 0 radical (unpaired) electrons. The molecule has 2 aliphatic rings. The molecule has 0 aromatic heterocycles. The summed E-state index contributed by atoms with van der Waals surface area (Å²) < 4.78 is 5.92. The maximum absolute atomic E-state index is 5.92. The molecule has 3 heteroatoms. The zero-order chi connectivity index (χ0) is 11.9. The minimum atomic E-state index is 0.541. The fourth-order valence-corrected chi connectivity index (χ4v) is 3.29. The van der Waals surface area contributed by atoms with Crippen LogP contribution in [0.25, 0.3) is 0 Å². The van der Waals surface area contributed by atoms with Gasteiger partial charge < -0.3 is 15.8 Å².